The number of hydrogen-bond acceptors (Lipinski definition) is 7. The molecule has 0 saturated carbocycles. The number of ether oxygens (including phenoxy) is 1. The van der Waals surface area contributed by atoms with Crippen molar-refractivity contribution in [3.8, 4) is 0 Å². The number of β-amino-alcohol motifs (C(OH)–C–C–N with tert-alkyl or cyclic N) is 1. The molecular weight excluding hydrogens is 604 g/mol. The van der Waals surface area contributed by atoms with Gasteiger partial charge in [-0.05, 0) is 55.9 Å². The van der Waals surface area contributed by atoms with Crippen molar-refractivity contribution in [1.29, 1.82) is 0 Å². The molecule has 2 amide bonds. The van der Waals surface area contributed by atoms with E-state index in [1.165, 1.54) is 0 Å². The number of fused-ring (bicyclic) bond motifs is 1. The zero-order valence-corrected chi connectivity index (χ0v) is 28.6. The van der Waals surface area contributed by atoms with E-state index in [0.717, 1.165) is 28.8 Å². The molecule has 9 heteroatoms. The van der Waals surface area contributed by atoms with Gasteiger partial charge >= 0.3 is 0 Å². The molecule has 3 aromatic rings. The Labute approximate surface area is 285 Å². The van der Waals surface area contributed by atoms with Crippen LogP contribution in [-0.4, -0.2) is 94.9 Å². The summed E-state index contributed by atoms with van der Waals surface area (Å²) in [5.74, 6) is -0.787. The molecule has 1 saturated heterocycles. The average Bonchev–Trinajstić information content (AvgIpc) is 3.37. The minimum Gasteiger partial charge on any atom is -0.392 e. The standard InChI is InChI=1S/C39H52N4O5/c1-39(2,3)41-38(47)34-26-42(20-21-48-27-29-14-8-5-9-15-29)18-19-43(34)25-32(44)23-31(22-28-12-6-4-7-13-28)37(46)40-36-33-17-11-10-16-30(33)24-35(36)45/h4-17,31-32,34-36,44-45H,18-27H2,1-3H3,(H,40,46)(H,41,47)/t31-,32+,34+,35-,36?/m1/s1. The molecule has 1 heterocycles. The Morgan fingerprint density at radius 3 is 2.31 bits per heavy atom. The van der Waals surface area contributed by atoms with E-state index in [-0.39, 0.29) is 24.8 Å². The van der Waals surface area contributed by atoms with Crippen molar-refractivity contribution >= 4 is 11.8 Å². The lowest BCUT2D eigenvalue weighted by atomic mass is 9.91. The van der Waals surface area contributed by atoms with Gasteiger partial charge in [-0.3, -0.25) is 19.4 Å². The molecule has 258 valence electrons. The number of carbonyl (C=O) groups excluding carboxylic acids is 2. The molecule has 5 rings (SSSR count). The van der Waals surface area contributed by atoms with Crippen molar-refractivity contribution in [2.45, 2.75) is 76.5 Å². The van der Waals surface area contributed by atoms with Crippen LogP contribution in [0.3, 0.4) is 0 Å². The number of carbonyl (C=O) groups is 2. The molecule has 1 fully saturated rings. The highest BCUT2D eigenvalue weighted by Gasteiger charge is 2.37. The Hall–Kier alpha value is -3.60. The summed E-state index contributed by atoms with van der Waals surface area (Å²) < 4.78 is 5.93. The lowest BCUT2D eigenvalue weighted by Crippen LogP contribution is -2.62. The van der Waals surface area contributed by atoms with Crippen LogP contribution in [0.4, 0.5) is 0 Å². The van der Waals surface area contributed by atoms with E-state index in [1.54, 1.807) is 0 Å². The smallest absolute Gasteiger partial charge is 0.239 e. The van der Waals surface area contributed by atoms with E-state index >= 15 is 0 Å². The van der Waals surface area contributed by atoms with Crippen molar-refractivity contribution in [2.24, 2.45) is 5.92 Å². The molecule has 2 aliphatic rings. The van der Waals surface area contributed by atoms with Gasteiger partial charge < -0.3 is 25.6 Å². The molecule has 0 spiro atoms. The third-order valence-corrected chi connectivity index (χ3v) is 9.24. The van der Waals surface area contributed by atoms with Crippen LogP contribution in [0.15, 0.2) is 84.9 Å². The summed E-state index contributed by atoms with van der Waals surface area (Å²) in [4.78, 5) is 31.7. The van der Waals surface area contributed by atoms with Gasteiger partial charge in [-0.25, -0.2) is 0 Å². The number of aliphatic hydroxyl groups excluding tert-OH is 2. The highest BCUT2D eigenvalue weighted by molar-refractivity contribution is 5.83. The summed E-state index contributed by atoms with van der Waals surface area (Å²) in [5, 5.41) is 28.6. The highest BCUT2D eigenvalue weighted by Crippen LogP contribution is 2.32. The topological polar surface area (TPSA) is 114 Å². The quantitative estimate of drug-likeness (QED) is 0.197. The molecule has 1 aliphatic carbocycles. The highest BCUT2D eigenvalue weighted by atomic mass is 16.5. The fourth-order valence-corrected chi connectivity index (χ4v) is 6.83. The van der Waals surface area contributed by atoms with Crippen molar-refractivity contribution in [3.05, 3.63) is 107 Å². The maximum absolute atomic E-state index is 13.8. The first-order valence-corrected chi connectivity index (χ1v) is 17.2. The summed E-state index contributed by atoms with van der Waals surface area (Å²) in [7, 11) is 0. The van der Waals surface area contributed by atoms with E-state index < -0.39 is 35.7 Å². The minimum atomic E-state index is -0.837. The summed E-state index contributed by atoms with van der Waals surface area (Å²) in [6, 6.07) is 26.8. The van der Waals surface area contributed by atoms with Crippen molar-refractivity contribution < 1.29 is 24.5 Å². The van der Waals surface area contributed by atoms with Crippen LogP contribution >= 0.6 is 0 Å². The van der Waals surface area contributed by atoms with Crippen LogP contribution in [0, 0.1) is 5.92 Å². The summed E-state index contributed by atoms with van der Waals surface area (Å²) in [6.07, 6.45) is -0.353. The molecule has 9 nitrogen and oxygen atoms in total. The Morgan fingerprint density at radius 2 is 1.60 bits per heavy atom. The van der Waals surface area contributed by atoms with Gasteiger partial charge in [0, 0.05) is 50.6 Å². The third kappa shape index (κ3) is 10.2. The van der Waals surface area contributed by atoms with Gasteiger partial charge in [0.05, 0.1) is 31.5 Å². The number of nitrogens with one attached hydrogen (secondary N) is 2. The number of rotatable bonds is 14. The number of hydrogen-bond donors (Lipinski definition) is 4. The van der Waals surface area contributed by atoms with Crippen molar-refractivity contribution in [1.82, 2.24) is 20.4 Å². The second kappa shape index (κ2) is 16.7. The molecule has 0 aromatic heterocycles. The van der Waals surface area contributed by atoms with E-state index in [2.05, 4.69) is 20.4 Å². The van der Waals surface area contributed by atoms with Gasteiger partial charge in [-0.1, -0.05) is 84.9 Å². The molecule has 1 unspecified atom stereocenters. The van der Waals surface area contributed by atoms with Crippen LogP contribution in [-0.2, 0) is 33.8 Å². The maximum Gasteiger partial charge on any atom is 0.239 e. The predicted octanol–water partition coefficient (Wildman–Crippen LogP) is 3.49. The molecule has 48 heavy (non-hydrogen) atoms. The summed E-state index contributed by atoms with van der Waals surface area (Å²) in [6.45, 7) is 9.86. The monoisotopic (exact) mass is 656 g/mol. The Morgan fingerprint density at radius 1 is 0.938 bits per heavy atom. The normalized spacial score (nSPS) is 21.3. The number of benzene rings is 3. The molecule has 4 N–H and O–H groups in total. The first kappa shape index (κ1) is 35.7. The van der Waals surface area contributed by atoms with Gasteiger partial charge in [0.2, 0.25) is 11.8 Å². The van der Waals surface area contributed by atoms with Gasteiger partial charge in [-0.2, -0.15) is 0 Å². The Balaban J connectivity index is 1.23. The van der Waals surface area contributed by atoms with Crippen LogP contribution in [0.2, 0.25) is 0 Å². The van der Waals surface area contributed by atoms with Gasteiger partial charge in [0.15, 0.2) is 0 Å². The second-order valence-electron chi connectivity index (χ2n) is 14.3. The minimum absolute atomic E-state index is 0.0722. The lowest BCUT2D eigenvalue weighted by Gasteiger charge is -2.42. The fraction of sp³-hybridized carbons (Fsp3) is 0.487. The fourth-order valence-electron chi connectivity index (χ4n) is 6.83. The van der Waals surface area contributed by atoms with Crippen molar-refractivity contribution in [3.63, 3.8) is 0 Å². The zero-order valence-electron chi connectivity index (χ0n) is 28.6. The Kier molecular flexibility index (Phi) is 12.4. The lowest BCUT2D eigenvalue weighted by molar-refractivity contribution is -0.132. The third-order valence-electron chi connectivity index (χ3n) is 9.24. The summed E-state index contributed by atoms with van der Waals surface area (Å²) >= 11 is 0. The number of aliphatic hydroxyl groups is 2. The van der Waals surface area contributed by atoms with Gasteiger partial charge in [0.1, 0.15) is 6.04 Å². The predicted molar refractivity (Wildman–Crippen MR) is 187 cm³/mol. The molecule has 0 bridgehead atoms. The first-order chi connectivity index (χ1) is 23.1. The van der Waals surface area contributed by atoms with Gasteiger partial charge in [-0.15, -0.1) is 0 Å². The van der Waals surface area contributed by atoms with Crippen LogP contribution in [0.5, 0.6) is 0 Å². The average molecular weight is 657 g/mol. The number of piperazine rings is 1. The van der Waals surface area contributed by atoms with E-state index in [1.807, 2.05) is 106 Å². The van der Waals surface area contributed by atoms with E-state index in [9.17, 15) is 19.8 Å². The van der Waals surface area contributed by atoms with E-state index in [0.29, 0.717) is 45.7 Å². The van der Waals surface area contributed by atoms with Crippen LogP contribution in [0.1, 0.15) is 55.5 Å². The number of nitrogens with zero attached hydrogens (tertiary/aromatic N) is 2. The zero-order chi connectivity index (χ0) is 34.1. The van der Waals surface area contributed by atoms with Gasteiger partial charge in [0.25, 0.3) is 0 Å². The summed E-state index contributed by atoms with van der Waals surface area (Å²) in [5.41, 5.74) is 3.71. The van der Waals surface area contributed by atoms with Crippen LogP contribution < -0.4 is 10.6 Å². The molecule has 5 atom stereocenters. The SMILES string of the molecule is CC(C)(C)NC(=O)[C@@H]1CN(CCOCc2ccccc2)CCN1C[C@@H](O)C[C@@H](Cc1ccccc1)C(=O)NC1c2ccccc2C[C@H]1O. The van der Waals surface area contributed by atoms with Crippen molar-refractivity contribution in [2.75, 3.05) is 39.3 Å². The largest absolute Gasteiger partial charge is 0.392 e. The molecular formula is C39H52N4O5. The Bertz CT molecular complexity index is 1460. The maximum atomic E-state index is 13.8. The molecule has 3 aromatic carbocycles. The van der Waals surface area contributed by atoms with E-state index in [4.69, 9.17) is 4.74 Å². The number of amides is 2. The van der Waals surface area contributed by atoms with Crippen LogP contribution in [0.25, 0.3) is 0 Å². The molecule has 0 radical (unpaired) electrons. The molecule has 1 aliphatic heterocycles. The first-order valence-electron chi connectivity index (χ1n) is 17.2. The second-order valence-corrected chi connectivity index (χ2v) is 14.3.